The summed E-state index contributed by atoms with van der Waals surface area (Å²) >= 11 is 0. The zero-order valence-electron chi connectivity index (χ0n) is 12.4. The molecule has 0 spiro atoms. The second-order valence-corrected chi connectivity index (χ2v) is 5.13. The zero-order chi connectivity index (χ0) is 16.3. The lowest BCUT2D eigenvalue weighted by Crippen LogP contribution is -2.46. The average Bonchev–Trinajstić information content (AvgIpc) is 2.45. The Balaban J connectivity index is 0.00000264. The summed E-state index contributed by atoms with van der Waals surface area (Å²) in [4.78, 5) is 1.46. The molecule has 1 atom stereocenters. The van der Waals surface area contributed by atoms with Crippen LogP contribution < -0.4 is 10.1 Å². The van der Waals surface area contributed by atoms with Crippen molar-refractivity contribution < 1.29 is 26.7 Å². The van der Waals surface area contributed by atoms with Crippen LogP contribution in [0.4, 0.5) is 22.0 Å². The molecule has 0 radical (unpaired) electrons. The molecule has 1 aromatic carbocycles. The summed E-state index contributed by atoms with van der Waals surface area (Å²) in [6.07, 6.45) is -5.82. The van der Waals surface area contributed by atoms with Crippen LogP contribution in [0.2, 0.25) is 0 Å². The van der Waals surface area contributed by atoms with E-state index in [9.17, 15) is 22.0 Å². The lowest BCUT2D eigenvalue weighted by atomic mass is 9.99. The first kappa shape index (κ1) is 19.9. The molecule has 0 aliphatic carbocycles. The molecule has 1 fully saturated rings. The third kappa shape index (κ3) is 5.19. The number of methoxy groups -OCH3 is 1. The maximum Gasteiger partial charge on any atom is 0.390 e. The van der Waals surface area contributed by atoms with Crippen molar-refractivity contribution >= 4 is 12.4 Å². The lowest BCUT2D eigenvalue weighted by Gasteiger charge is -2.36. The molecule has 0 bridgehead atoms. The van der Waals surface area contributed by atoms with Gasteiger partial charge in [0.15, 0.2) is 0 Å². The molecule has 1 N–H and O–H groups in total. The van der Waals surface area contributed by atoms with Gasteiger partial charge >= 0.3 is 6.18 Å². The molecule has 1 aliphatic heterocycles. The predicted octanol–water partition coefficient (Wildman–Crippen LogP) is 3.29. The fourth-order valence-electron chi connectivity index (χ4n) is 2.62. The van der Waals surface area contributed by atoms with Crippen molar-refractivity contribution in [1.29, 1.82) is 0 Å². The molecule has 23 heavy (non-hydrogen) atoms. The van der Waals surface area contributed by atoms with Crippen LogP contribution in [0, 0.1) is 11.6 Å². The summed E-state index contributed by atoms with van der Waals surface area (Å²) in [5.74, 6) is -2.11. The topological polar surface area (TPSA) is 24.5 Å². The molecule has 132 valence electrons. The number of nitrogens with zero attached hydrogens (tertiary/aromatic N) is 1. The molecule has 0 unspecified atom stereocenters. The van der Waals surface area contributed by atoms with Crippen LogP contribution in [0.15, 0.2) is 12.1 Å². The zero-order valence-corrected chi connectivity index (χ0v) is 13.2. The third-order valence-corrected chi connectivity index (χ3v) is 3.64. The van der Waals surface area contributed by atoms with Crippen LogP contribution in [0.1, 0.15) is 18.0 Å². The fraction of sp³-hybridized carbons (Fsp3) is 0.571. The van der Waals surface area contributed by atoms with Crippen molar-refractivity contribution in [3.05, 3.63) is 29.3 Å². The molecule has 3 nitrogen and oxygen atoms in total. The second-order valence-electron chi connectivity index (χ2n) is 5.13. The number of hydrogen-bond acceptors (Lipinski definition) is 3. The van der Waals surface area contributed by atoms with Crippen LogP contribution >= 0.6 is 12.4 Å². The van der Waals surface area contributed by atoms with E-state index >= 15 is 0 Å². The largest absolute Gasteiger partial charge is 0.497 e. The molecule has 1 aromatic rings. The number of benzene rings is 1. The van der Waals surface area contributed by atoms with Crippen molar-refractivity contribution in [2.24, 2.45) is 0 Å². The molecular formula is C14H18ClF5N2O. The van der Waals surface area contributed by atoms with Crippen molar-refractivity contribution in [3.8, 4) is 5.75 Å². The van der Waals surface area contributed by atoms with Gasteiger partial charge in [-0.3, -0.25) is 4.90 Å². The molecule has 0 saturated carbocycles. The minimum Gasteiger partial charge on any atom is -0.497 e. The van der Waals surface area contributed by atoms with Gasteiger partial charge < -0.3 is 10.1 Å². The standard InChI is InChI=1S/C14H17F5N2O.ClH/c1-22-9-6-10(15)13(11(16)7-9)12(8-14(17,18)19)21-4-2-20-3-5-21;/h6-7,12,20H,2-5,8H2,1H3;1H/t12-;/m0./s1. The number of alkyl halides is 3. The highest BCUT2D eigenvalue weighted by Crippen LogP contribution is 2.37. The average molecular weight is 361 g/mol. The Morgan fingerprint density at radius 1 is 1.17 bits per heavy atom. The number of nitrogens with one attached hydrogen (secondary N) is 1. The van der Waals surface area contributed by atoms with Crippen molar-refractivity contribution in [2.45, 2.75) is 18.6 Å². The van der Waals surface area contributed by atoms with E-state index in [1.54, 1.807) is 0 Å². The van der Waals surface area contributed by atoms with Crippen LogP contribution in [0.5, 0.6) is 5.75 Å². The Bertz CT molecular complexity index is 497. The highest BCUT2D eigenvalue weighted by atomic mass is 35.5. The molecule has 9 heteroatoms. The highest BCUT2D eigenvalue weighted by molar-refractivity contribution is 5.85. The van der Waals surface area contributed by atoms with E-state index in [-0.39, 0.29) is 18.2 Å². The van der Waals surface area contributed by atoms with Crippen molar-refractivity contribution in [3.63, 3.8) is 0 Å². The van der Waals surface area contributed by atoms with E-state index in [0.29, 0.717) is 26.2 Å². The minimum absolute atomic E-state index is 0. The minimum atomic E-state index is -4.52. The van der Waals surface area contributed by atoms with Crippen LogP contribution in [0.25, 0.3) is 0 Å². The van der Waals surface area contributed by atoms with Gasteiger partial charge in [0.05, 0.1) is 13.5 Å². The SMILES string of the molecule is COc1cc(F)c([C@H](CC(F)(F)F)N2CCNCC2)c(F)c1.Cl. The summed E-state index contributed by atoms with van der Waals surface area (Å²) in [6.45, 7) is 1.55. The molecule has 1 heterocycles. The Morgan fingerprint density at radius 3 is 2.13 bits per heavy atom. The second kappa shape index (κ2) is 8.12. The Hall–Kier alpha value is -1.12. The van der Waals surface area contributed by atoms with Gasteiger partial charge in [0, 0.05) is 49.9 Å². The molecule has 0 aromatic heterocycles. The Labute approximate surface area is 137 Å². The van der Waals surface area contributed by atoms with Gasteiger partial charge in [-0.15, -0.1) is 12.4 Å². The number of halogens is 6. The summed E-state index contributed by atoms with van der Waals surface area (Å²) < 4.78 is 71.6. The van der Waals surface area contributed by atoms with Gasteiger partial charge in [0.2, 0.25) is 0 Å². The predicted molar refractivity (Wildman–Crippen MR) is 78.0 cm³/mol. The lowest BCUT2D eigenvalue weighted by molar-refractivity contribution is -0.149. The van der Waals surface area contributed by atoms with E-state index in [4.69, 9.17) is 4.74 Å². The highest BCUT2D eigenvalue weighted by Gasteiger charge is 2.38. The van der Waals surface area contributed by atoms with E-state index < -0.39 is 35.8 Å². The first-order valence-electron chi connectivity index (χ1n) is 6.86. The summed E-state index contributed by atoms with van der Waals surface area (Å²) in [5, 5.41) is 3.00. The van der Waals surface area contributed by atoms with Crippen molar-refractivity contribution in [2.75, 3.05) is 33.3 Å². The normalized spacial score (nSPS) is 17.5. The van der Waals surface area contributed by atoms with Gasteiger partial charge in [-0.25, -0.2) is 8.78 Å². The molecular weight excluding hydrogens is 343 g/mol. The molecule has 1 saturated heterocycles. The van der Waals surface area contributed by atoms with Crippen LogP contribution in [0.3, 0.4) is 0 Å². The van der Waals surface area contributed by atoms with Crippen molar-refractivity contribution in [1.82, 2.24) is 10.2 Å². The first-order valence-corrected chi connectivity index (χ1v) is 6.86. The van der Waals surface area contributed by atoms with Gasteiger partial charge in [-0.05, 0) is 0 Å². The van der Waals surface area contributed by atoms with E-state index in [1.165, 1.54) is 12.0 Å². The number of ether oxygens (including phenoxy) is 1. The number of rotatable bonds is 4. The fourth-order valence-corrected chi connectivity index (χ4v) is 2.62. The summed E-state index contributed by atoms with van der Waals surface area (Å²) in [7, 11) is 1.23. The smallest absolute Gasteiger partial charge is 0.390 e. The molecule has 2 rings (SSSR count). The van der Waals surface area contributed by atoms with E-state index in [2.05, 4.69) is 5.32 Å². The third-order valence-electron chi connectivity index (χ3n) is 3.64. The maximum absolute atomic E-state index is 14.1. The Morgan fingerprint density at radius 2 is 1.70 bits per heavy atom. The van der Waals surface area contributed by atoms with Gasteiger partial charge in [0.25, 0.3) is 0 Å². The van der Waals surface area contributed by atoms with Crippen LogP contribution in [-0.2, 0) is 0 Å². The summed E-state index contributed by atoms with van der Waals surface area (Å²) in [6, 6.07) is 0.432. The van der Waals surface area contributed by atoms with E-state index in [1.807, 2.05) is 0 Å². The quantitative estimate of drug-likeness (QED) is 0.834. The van der Waals surface area contributed by atoms with E-state index in [0.717, 1.165) is 12.1 Å². The first-order chi connectivity index (χ1) is 10.3. The molecule has 1 aliphatic rings. The Kier molecular flexibility index (Phi) is 7.03. The number of hydrogen-bond donors (Lipinski definition) is 1. The van der Waals surface area contributed by atoms with Gasteiger partial charge in [-0.1, -0.05) is 0 Å². The maximum atomic E-state index is 14.1. The summed E-state index contributed by atoms with van der Waals surface area (Å²) in [5.41, 5.74) is -0.556. The number of piperazine rings is 1. The van der Waals surface area contributed by atoms with Gasteiger partial charge in [-0.2, -0.15) is 13.2 Å². The van der Waals surface area contributed by atoms with Gasteiger partial charge in [0.1, 0.15) is 17.4 Å². The monoisotopic (exact) mass is 360 g/mol. The van der Waals surface area contributed by atoms with Crippen LogP contribution in [-0.4, -0.2) is 44.4 Å². The molecule has 0 amide bonds.